The summed E-state index contributed by atoms with van der Waals surface area (Å²) in [4.78, 5) is 27.1. The molecule has 7 nitrogen and oxygen atoms in total. The molecule has 3 atom stereocenters. The van der Waals surface area contributed by atoms with Crippen molar-refractivity contribution in [1.82, 2.24) is 10.6 Å². The van der Waals surface area contributed by atoms with Gasteiger partial charge in [0.15, 0.2) is 11.5 Å². The van der Waals surface area contributed by atoms with Crippen LogP contribution in [0.2, 0.25) is 0 Å². The van der Waals surface area contributed by atoms with Gasteiger partial charge in [-0.2, -0.15) is 0 Å². The lowest BCUT2D eigenvalue weighted by Crippen LogP contribution is -2.52. The molecule has 0 saturated carbocycles. The highest BCUT2D eigenvalue weighted by Gasteiger charge is 2.39. The van der Waals surface area contributed by atoms with E-state index in [1.807, 2.05) is 18.2 Å². The number of hydrogen-bond acceptors (Lipinski definition) is 5. The fourth-order valence-corrected chi connectivity index (χ4v) is 3.85. The number of nitrogens with one attached hydrogen (secondary N) is 2. The Balaban J connectivity index is 1.43. The van der Waals surface area contributed by atoms with Gasteiger partial charge in [0.1, 0.15) is 19.1 Å². The third-order valence-corrected chi connectivity index (χ3v) is 5.51. The molecule has 1 aromatic rings. The summed E-state index contributed by atoms with van der Waals surface area (Å²) in [5.41, 5.74) is 0.752. The zero-order chi connectivity index (χ0) is 18.1. The third-order valence-electron chi connectivity index (χ3n) is 5.51. The molecule has 2 amide bonds. The first-order chi connectivity index (χ1) is 12.6. The van der Waals surface area contributed by atoms with Gasteiger partial charge in [-0.1, -0.05) is 6.92 Å². The fourth-order valence-electron chi connectivity index (χ4n) is 3.85. The summed E-state index contributed by atoms with van der Waals surface area (Å²) in [5, 5.41) is 6.37. The van der Waals surface area contributed by atoms with E-state index in [1.165, 1.54) is 0 Å². The van der Waals surface area contributed by atoms with E-state index in [9.17, 15) is 9.59 Å². The van der Waals surface area contributed by atoms with E-state index in [1.54, 1.807) is 4.90 Å². The van der Waals surface area contributed by atoms with Crippen LogP contribution in [0.4, 0.5) is 5.69 Å². The molecule has 1 aromatic carbocycles. The molecule has 140 valence electrons. The Morgan fingerprint density at radius 1 is 1.23 bits per heavy atom. The van der Waals surface area contributed by atoms with E-state index in [2.05, 4.69) is 17.6 Å². The van der Waals surface area contributed by atoms with Crippen molar-refractivity contribution < 1.29 is 19.1 Å². The smallest absolute Gasteiger partial charge is 0.239 e. The highest BCUT2D eigenvalue weighted by Crippen LogP contribution is 2.36. The molecule has 0 radical (unpaired) electrons. The molecule has 0 bridgehead atoms. The van der Waals surface area contributed by atoms with Gasteiger partial charge in [-0.3, -0.25) is 9.59 Å². The fraction of sp³-hybridized carbons (Fsp3) is 0.579. The molecule has 0 aliphatic carbocycles. The van der Waals surface area contributed by atoms with Gasteiger partial charge in [-0.15, -0.1) is 0 Å². The summed E-state index contributed by atoms with van der Waals surface area (Å²) < 4.78 is 11.1. The minimum absolute atomic E-state index is 0.0902. The van der Waals surface area contributed by atoms with E-state index in [0.717, 1.165) is 25.2 Å². The maximum Gasteiger partial charge on any atom is 0.239 e. The Hall–Kier alpha value is -2.28. The van der Waals surface area contributed by atoms with E-state index >= 15 is 0 Å². The molecule has 0 aromatic heterocycles. The zero-order valence-electron chi connectivity index (χ0n) is 15.0. The molecule has 2 saturated heterocycles. The lowest BCUT2D eigenvalue weighted by Gasteiger charge is -2.31. The predicted octanol–water partition coefficient (Wildman–Crippen LogP) is 0.925. The van der Waals surface area contributed by atoms with Crippen LogP contribution in [0.5, 0.6) is 11.5 Å². The number of fused-ring (bicyclic) bond motifs is 1. The Morgan fingerprint density at radius 3 is 2.85 bits per heavy atom. The molecule has 2 fully saturated rings. The van der Waals surface area contributed by atoms with Crippen molar-refractivity contribution in [2.45, 2.75) is 25.8 Å². The average molecular weight is 359 g/mol. The Labute approximate surface area is 153 Å². The van der Waals surface area contributed by atoms with Crippen molar-refractivity contribution in [3.8, 4) is 11.5 Å². The summed E-state index contributed by atoms with van der Waals surface area (Å²) in [7, 11) is 0. The van der Waals surface area contributed by atoms with Crippen LogP contribution in [0.25, 0.3) is 0 Å². The molecular weight excluding hydrogens is 334 g/mol. The number of carbonyl (C=O) groups is 2. The minimum Gasteiger partial charge on any atom is -0.486 e. The number of ether oxygens (including phenoxy) is 2. The van der Waals surface area contributed by atoms with Crippen molar-refractivity contribution in [2.24, 2.45) is 11.8 Å². The molecule has 7 heteroatoms. The Morgan fingerprint density at radius 2 is 2.04 bits per heavy atom. The second kappa shape index (κ2) is 7.15. The van der Waals surface area contributed by atoms with Gasteiger partial charge in [0, 0.05) is 30.9 Å². The highest BCUT2D eigenvalue weighted by molar-refractivity contribution is 6.09. The first-order valence-corrected chi connectivity index (χ1v) is 9.35. The summed E-state index contributed by atoms with van der Waals surface area (Å²) >= 11 is 0. The molecule has 3 heterocycles. The summed E-state index contributed by atoms with van der Waals surface area (Å²) in [6, 6.07) is 5.57. The standard InChI is InChI=1S/C19H25N3O4/c1-12-4-6-20-11-15(12)21-18(23)14-5-7-22(19(14)24)13-2-3-16-17(10-13)26-9-8-25-16/h2-3,10,12,14-15,20H,4-9,11H2,1H3,(H,21,23). The van der Waals surface area contributed by atoms with E-state index < -0.39 is 5.92 Å². The van der Waals surface area contributed by atoms with Gasteiger partial charge in [0.05, 0.1) is 0 Å². The monoisotopic (exact) mass is 359 g/mol. The largest absolute Gasteiger partial charge is 0.486 e. The van der Waals surface area contributed by atoms with Gasteiger partial charge >= 0.3 is 0 Å². The van der Waals surface area contributed by atoms with E-state index in [4.69, 9.17) is 9.47 Å². The van der Waals surface area contributed by atoms with E-state index in [-0.39, 0.29) is 17.9 Å². The number of nitrogens with zero attached hydrogens (tertiary/aromatic N) is 1. The third kappa shape index (κ3) is 3.23. The van der Waals surface area contributed by atoms with Gasteiger partial charge in [0.2, 0.25) is 11.8 Å². The van der Waals surface area contributed by atoms with Crippen LogP contribution in [0, 0.1) is 11.8 Å². The molecule has 26 heavy (non-hydrogen) atoms. The molecule has 4 rings (SSSR count). The maximum atomic E-state index is 12.8. The lowest BCUT2D eigenvalue weighted by molar-refractivity contribution is -0.132. The molecular formula is C19H25N3O4. The summed E-state index contributed by atoms with van der Waals surface area (Å²) in [5.74, 6) is 0.852. The van der Waals surface area contributed by atoms with Crippen LogP contribution in [-0.2, 0) is 9.59 Å². The number of rotatable bonds is 3. The van der Waals surface area contributed by atoms with Crippen LogP contribution in [0.3, 0.4) is 0 Å². The second-order valence-corrected chi connectivity index (χ2v) is 7.24. The summed E-state index contributed by atoms with van der Waals surface area (Å²) in [6.07, 6.45) is 1.57. The van der Waals surface area contributed by atoms with Gasteiger partial charge in [-0.05, 0) is 37.4 Å². The molecule has 3 aliphatic heterocycles. The Bertz CT molecular complexity index is 708. The van der Waals surface area contributed by atoms with Crippen molar-refractivity contribution in [3.05, 3.63) is 18.2 Å². The van der Waals surface area contributed by atoms with Gasteiger partial charge in [0.25, 0.3) is 0 Å². The van der Waals surface area contributed by atoms with Crippen LogP contribution in [0.1, 0.15) is 19.8 Å². The van der Waals surface area contributed by atoms with Crippen LogP contribution in [0.15, 0.2) is 18.2 Å². The number of hydrogen-bond donors (Lipinski definition) is 2. The van der Waals surface area contributed by atoms with E-state index in [0.29, 0.717) is 43.6 Å². The summed E-state index contributed by atoms with van der Waals surface area (Å²) in [6.45, 7) is 5.46. The van der Waals surface area contributed by atoms with Crippen LogP contribution >= 0.6 is 0 Å². The lowest BCUT2D eigenvalue weighted by atomic mass is 9.94. The number of amides is 2. The predicted molar refractivity (Wildman–Crippen MR) is 96.5 cm³/mol. The van der Waals surface area contributed by atoms with Crippen molar-refractivity contribution in [1.29, 1.82) is 0 Å². The normalized spacial score (nSPS) is 28.1. The zero-order valence-corrected chi connectivity index (χ0v) is 15.0. The number of piperidine rings is 1. The first-order valence-electron chi connectivity index (χ1n) is 9.35. The SMILES string of the molecule is CC1CCNCC1NC(=O)C1CCN(c2ccc3c(c2)OCCO3)C1=O. The molecule has 3 unspecified atom stereocenters. The number of benzene rings is 1. The van der Waals surface area contributed by atoms with Crippen molar-refractivity contribution in [3.63, 3.8) is 0 Å². The average Bonchev–Trinajstić information content (AvgIpc) is 3.05. The first kappa shape index (κ1) is 17.1. The van der Waals surface area contributed by atoms with Crippen molar-refractivity contribution in [2.75, 3.05) is 37.7 Å². The quantitative estimate of drug-likeness (QED) is 0.785. The minimum atomic E-state index is -0.614. The van der Waals surface area contributed by atoms with Crippen LogP contribution in [-0.4, -0.2) is 50.7 Å². The van der Waals surface area contributed by atoms with Crippen molar-refractivity contribution >= 4 is 17.5 Å². The molecule has 0 spiro atoms. The second-order valence-electron chi connectivity index (χ2n) is 7.24. The highest BCUT2D eigenvalue weighted by atomic mass is 16.6. The number of carbonyl (C=O) groups excluding carboxylic acids is 2. The van der Waals surface area contributed by atoms with Gasteiger partial charge < -0.3 is 25.0 Å². The molecule has 3 aliphatic rings. The number of anilines is 1. The van der Waals surface area contributed by atoms with Crippen LogP contribution < -0.4 is 25.0 Å². The molecule has 2 N–H and O–H groups in total. The topological polar surface area (TPSA) is 79.9 Å². The van der Waals surface area contributed by atoms with Gasteiger partial charge in [-0.25, -0.2) is 0 Å². The Kier molecular flexibility index (Phi) is 4.72. The maximum absolute atomic E-state index is 12.8.